The molecule has 3 aromatic carbocycles. The number of benzene rings is 3. The Morgan fingerprint density at radius 2 is 1.68 bits per heavy atom. The zero-order valence-electron chi connectivity index (χ0n) is 21.5. The molecule has 38 heavy (non-hydrogen) atoms. The van der Waals surface area contributed by atoms with Gasteiger partial charge in [-0.15, -0.1) is 0 Å². The smallest absolute Gasteiger partial charge is 0.290 e. The summed E-state index contributed by atoms with van der Waals surface area (Å²) in [6.45, 7) is 3.06. The van der Waals surface area contributed by atoms with Crippen molar-refractivity contribution in [3.63, 3.8) is 0 Å². The third-order valence-electron chi connectivity index (χ3n) is 6.15. The second-order valence-electron chi connectivity index (χ2n) is 8.68. The number of ether oxygens (including phenoxy) is 3. The molecule has 0 bridgehead atoms. The van der Waals surface area contributed by atoms with Gasteiger partial charge in [0.2, 0.25) is 0 Å². The van der Waals surface area contributed by atoms with Crippen molar-refractivity contribution in [3.05, 3.63) is 113 Å². The Morgan fingerprint density at radius 3 is 2.37 bits per heavy atom. The number of methoxy groups -OCH3 is 1. The Hall–Kier alpha value is -4.36. The Bertz CT molecular complexity index is 1320. The van der Waals surface area contributed by atoms with Crippen LogP contribution in [0, 0.1) is 0 Å². The molecule has 4 rings (SSSR count). The van der Waals surface area contributed by atoms with E-state index < -0.39 is 23.5 Å². The lowest BCUT2D eigenvalue weighted by atomic mass is 9.95. The summed E-state index contributed by atoms with van der Waals surface area (Å²) in [6, 6.07) is 23.6. The minimum atomic E-state index is -0.812. The molecule has 7 heteroatoms. The third-order valence-corrected chi connectivity index (χ3v) is 6.15. The van der Waals surface area contributed by atoms with Crippen LogP contribution in [0.3, 0.4) is 0 Å². The topological polar surface area (TPSA) is 85.3 Å². The van der Waals surface area contributed by atoms with Gasteiger partial charge in [0.15, 0.2) is 23.0 Å². The zero-order valence-corrected chi connectivity index (χ0v) is 21.5. The number of aliphatic hydroxyl groups excluding tert-OH is 1. The highest BCUT2D eigenvalue weighted by Crippen LogP contribution is 2.41. The quantitative estimate of drug-likeness (QED) is 0.331. The van der Waals surface area contributed by atoms with Crippen LogP contribution >= 0.6 is 0 Å². The molecular formula is C31H31NO6. The Balaban J connectivity index is 1.68. The SMILES string of the molecule is CCOc1cc(C2C(C(=O)C=Cc3ccccc3)=C(O)C(=O)N2CCOC)ccc1OCc1ccccc1. The van der Waals surface area contributed by atoms with Crippen molar-refractivity contribution in [1.82, 2.24) is 4.90 Å². The van der Waals surface area contributed by atoms with E-state index in [2.05, 4.69) is 0 Å². The summed E-state index contributed by atoms with van der Waals surface area (Å²) < 4.78 is 17.1. The third kappa shape index (κ3) is 6.12. The standard InChI is InChI=1S/C31H31NO6/c1-3-37-27-20-24(15-17-26(27)38-21-23-12-8-5-9-13-23)29-28(30(34)31(35)32(29)18-19-36-2)25(33)16-14-22-10-6-4-7-11-22/h4-17,20,29,34H,3,18-19,21H2,1-2H3. The molecule has 3 aromatic rings. The van der Waals surface area contributed by atoms with Crippen LogP contribution in [-0.4, -0.2) is 48.6 Å². The first-order chi connectivity index (χ1) is 18.5. The number of hydrogen-bond acceptors (Lipinski definition) is 6. The van der Waals surface area contributed by atoms with Crippen LogP contribution in [0.25, 0.3) is 6.08 Å². The van der Waals surface area contributed by atoms with Gasteiger partial charge in [-0.1, -0.05) is 72.8 Å². The van der Waals surface area contributed by atoms with Crippen LogP contribution in [0.2, 0.25) is 0 Å². The van der Waals surface area contributed by atoms with E-state index in [1.165, 1.54) is 18.1 Å². The van der Waals surface area contributed by atoms with E-state index >= 15 is 0 Å². The van der Waals surface area contributed by atoms with Gasteiger partial charge in [-0.2, -0.15) is 0 Å². The number of rotatable bonds is 12. The normalized spacial score (nSPS) is 15.4. The van der Waals surface area contributed by atoms with E-state index in [-0.39, 0.29) is 18.7 Å². The van der Waals surface area contributed by atoms with Gasteiger partial charge in [0.25, 0.3) is 5.91 Å². The van der Waals surface area contributed by atoms with Crippen LogP contribution in [0.4, 0.5) is 0 Å². The summed E-state index contributed by atoms with van der Waals surface area (Å²) in [5.41, 5.74) is 2.47. The minimum Gasteiger partial charge on any atom is -0.503 e. The fourth-order valence-corrected chi connectivity index (χ4v) is 4.32. The number of aliphatic hydroxyl groups is 1. The van der Waals surface area contributed by atoms with E-state index in [9.17, 15) is 14.7 Å². The second kappa shape index (κ2) is 12.7. The van der Waals surface area contributed by atoms with Crippen LogP contribution in [0.5, 0.6) is 11.5 Å². The molecule has 1 N–H and O–H groups in total. The molecule has 1 aliphatic heterocycles. The van der Waals surface area contributed by atoms with Crippen molar-refractivity contribution >= 4 is 17.8 Å². The second-order valence-corrected chi connectivity index (χ2v) is 8.68. The molecule has 1 atom stereocenters. The van der Waals surface area contributed by atoms with Gasteiger partial charge in [0.05, 0.1) is 24.8 Å². The van der Waals surface area contributed by atoms with Crippen LogP contribution in [0.15, 0.2) is 96.3 Å². The molecule has 0 fully saturated rings. The van der Waals surface area contributed by atoms with Crippen LogP contribution < -0.4 is 9.47 Å². The summed E-state index contributed by atoms with van der Waals surface area (Å²) in [5.74, 6) is -0.607. The number of nitrogens with zero attached hydrogens (tertiary/aromatic N) is 1. The predicted octanol–water partition coefficient (Wildman–Crippen LogP) is 5.29. The van der Waals surface area contributed by atoms with Crippen LogP contribution in [0.1, 0.15) is 29.7 Å². The molecule has 0 saturated carbocycles. The molecule has 0 spiro atoms. The van der Waals surface area contributed by atoms with Crippen LogP contribution in [-0.2, 0) is 20.9 Å². The molecule has 7 nitrogen and oxygen atoms in total. The van der Waals surface area contributed by atoms with E-state index in [1.807, 2.05) is 67.6 Å². The van der Waals surface area contributed by atoms with E-state index in [1.54, 1.807) is 24.3 Å². The lowest BCUT2D eigenvalue weighted by Gasteiger charge is -2.27. The van der Waals surface area contributed by atoms with Crippen molar-refractivity contribution in [2.75, 3.05) is 26.9 Å². The van der Waals surface area contributed by atoms with Gasteiger partial charge < -0.3 is 24.2 Å². The highest BCUT2D eigenvalue weighted by atomic mass is 16.5. The molecule has 1 unspecified atom stereocenters. The molecule has 1 heterocycles. The molecule has 0 radical (unpaired) electrons. The predicted molar refractivity (Wildman–Crippen MR) is 145 cm³/mol. The Morgan fingerprint density at radius 1 is 0.974 bits per heavy atom. The van der Waals surface area contributed by atoms with Gasteiger partial charge in [0, 0.05) is 13.7 Å². The highest BCUT2D eigenvalue weighted by molar-refractivity contribution is 6.14. The zero-order chi connectivity index (χ0) is 26.9. The van der Waals surface area contributed by atoms with Gasteiger partial charge in [-0.25, -0.2) is 0 Å². The molecule has 0 saturated heterocycles. The largest absolute Gasteiger partial charge is 0.503 e. The fraction of sp³-hybridized carbons (Fsp3) is 0.226. The van der Waals surface area contributed by atoms with Gasteiger partial charge in [0.1, 0.15) is 6.61 Å². The lowest BCUT2D eigenvalue weighted by molar-refractivity contribution is -0.130. The number of allylic oxidation sites excluding steroid dienone is 1. The molecule has 0 aliphatic carbocycles. The summed E-state index contributed by atoms with van der Waals surface area (Å²) in [5, 5.41) is 10.8. The summed E-state index contributed by atoms with van der Waals surface area (Å²) >= 11 is 0. The van der Waals surface area contributed by atoms with Crippen molar-refractivity contribution < 1.29 is 28.9 Å². The van der Waals surface area contributed by atoms with Crippen molar-refractivity contribution in [2.24, 2.45) is 0 Å². The summed E-state index contributed by atoms with van der Waals surface area (Å²) in [6.07, 6.45) is 3.04. The molecule has 196 valence electrons. The van der Waals surface area contributed by atoms with E-state index in [0.29, 0.717) is 30.3 Å². The maximum absolute atomic E-state index is 13.3. The fourth-order valence-electron chi connectivity index (χ4n) is 4.32. The minimum absolute atomic E-state index is 0.0127. The maximum atomic E-state index is 13.3. The summed E-state index contributed by atoms with van der Waals surface area (Å²) in [4.78, 5) is 27.8. The van der Waals surface area contributed by atoms with Gasteiger partial charge in [-0.05, 0) is 41.8 Å². The highest BCUT2D eigenvalue weighted by Gasteiger charge is 2.43. The maximum Gasteiger partial charge on any atom is 0.290 e. The average Bonchev–Trinajstić information content (AvgIpc) is 3.20. The van der Waals surface area contributed by atoms with Gasteiger partial charge >= 0.3 is 0 Å². The molecular weight excluding hydrogens is 482 g/mol. The summed E-state index contributed by atoms with van der Waals surface area (Å²) in [7, 11) is 1.53. The monoisotopic (exact) mass is 513 g/mol. The number of carbonyl (C=O) groups is 2. The van der Waals surface area contributed by atoms with E-state index in [4.69, 9.17) is 14.2 Å². The van der Waals surface area contributed by atoms with E-state index in [0.717, 1.165) is 11.1 Å². The van der Waals surface area contributed by atoms with Crippen molar-refractivity contribution in [2.45, 2.75) is 19.6 Å². The van der Waals surface area contributed by atoms with Gasteiger partial charge in [-0.3, -0.25) is 9.59 Å². The first kappa shape index (κ1) is 26.7. The van der Waals surface area contributed by atoms with Crippen molar-refractivity contribution in [3.8, 4) is 11.5 Å². The average molecular weight is 514 g/mol. The first-order valence-electron chi connectivity index (χ1n) is 12.5. The molecule has 1 aliphatic rings. The number of hydrogen-bond donors (Lipinski definition) is 1. The Kier molecular flexibility index (Phi) is 8.95. The van der Waals surface area contributed by atoms with Crippen molar-refractivity contribution in [1.29, 1.82) is 0 Å². The number of carbonyl (C=O) groups excluding carboxylic acids is 2. The number of amides is 1. The molecule has 1 amide bonds. The molecule has 0 aromatic heterocycles. The number of ketones is 1. The first-order valence-corrected chi connectivity index (χ1v) is 12.5. The lowest BCUT2D eigenvalue weighted by Crippen LogP contribution is -2.33. The Labute approximate surface area is 222 Å².